The number of benzene rings is 4. The third kappa shape index (κ3) is 10.7. The first-order chi connectivity index (χ1) is 29.7. The molecule has 2 fully saturated rings. The molecule has 12 nitrogen and oxygen atoms in total. The number of aryl methyl sites for hydroxylation is 2. The predicted octanol–water partition coefficient (Wildman–Crippen LogP) is 7.52. The summed E-state index contributed by atoms with van der Waals surface area (Å²) in [6.45, 7) is 3.96. The number of furan rings is 1. The van der Waals surface area contributed by atoms with Crippen LogP contribution in [0.15, 0.2) is 126 Å². The molecular formula is C49H53NO11. The molecule has 3 heterocycles. The highest BCUT2D eigenvalue weighted by molar-refractivity contribution is 6.12. The lowest BCUT2D eigenvalue weighted by molar-refractivity contribution is -0.319. The smallest absolute Gasteiger partial charge is 0.417 e. The Morgan fingerprint density at radius 2 is 1.44 bits per heavy atom. The number of imide groups is 1. The largest absolute Gasteiger partial charge is 0.457 e. The van der Waals surface area contributed by atoms with Crippen LogP contribution in [0.5, 0.6) is 0 Å². The number of aliphatic hydroxyl groups is 1. The molecule has 0 unspecified atom stereocenters. The Hall–Kier alpha value is -5.47. The number of methoxy groups -OCH3 is 1. The average Bonchev–Trinajstić information content (AvgIpc) is 3.89. The van der Waals surface area contributed by atoms with Gasteiger partial charge >= 0.3 is 6.09 Å². The molecule has 4 aromatic carbocycles. The van der Waals surface area contributed by atoms with Gasteiger partial charge in [0, 0.05) is 25.7 Å². The second-order valence-corrected chi connectivity index (χ2v) is 15.5. The van der Waals surface area contributed by atoms with Gasteiger partial charge in [0.2, 0.25) is 11.7 Å². The number of hydrogen-bond donors (Lipinski definition) is 1. The highest BCUT2D eigenvalue weighted by Gasteiger charge is 2.48. The molecule has 2 amide bonds. The number of rotatable bonds is 19. The predicted molar refractivity (Wildman–Crippen MR) is 225 cm³/mol. The molecule has 61 heavy (non-hydrogen) atoms. The maximum absolute atomic E-state index is 14.0. The summed E-state index contributed by atoms with van der Waals surface area (Å²) in [4.78, 5) is 41.7. The molecule has 5 aromatic rings. The molecule has 0 spiro atoms. The molecule has 0 aliphatic carbocycles. The molecule has 0 radical (unpaired) electrons. The number of carbonyl (C=O) groups is 3. The summed E-state index contributed by atoms with van der Waals surface area (Å²) >= 11 is 0. The van der Waals surface area contributed by atoms with Crippen LogP contribution in [0.4, 0.5) is 4.79 Å². The van der Waals surface area contributed by atoms with E-state index in [0.29, 0.717) is 30.6 Å². The molecule has 2 saturated heterocycles. The number of ether oxygens (including phenoxy) is 6. The number of nitrogens with zero attached hydrogens (tertiary/aromatic N) is 1. The van der Waals surface area contributed by atoms with Gasteiger partial charge in [0.25, 0.3) is 0 Å². The molecule has 7 rings (SSSR count). The van der Waals surface area contributed by atoms with Crippen LogP contribution in [0.3, 0.4) is 0 Å². The van der Waals surface area contributed by atoms with Gasteiger partial charge in [-0.05, 0) is 55.0 Å². The molecule has 1 N–H and O–H groups in total. The summed E-state index contributed by atoms with van der Waals surface area (Å²) in [6.07, 6.45) is -3.25. The van der Waals surface area contributed by atoms with Crippen molar-refractivity contribution in [3.8, 4) is 11.1 Å². The summed E-state index contributed by atoms with van der Waals surface area (Å²) < 4.78 is 43.1. The Morgan fingerprint density at radius 3 is 2.07 bits per heavy atom. The first-order valence-electron chi connectivity index (χ1n) is 20.7. The van der Waals surface area contributed by atoms with E-state index >= 15 is 0 Å². The van der Waals surface area contributed by atoms with E-state index in [4.69, 9.17) is 32.8 Å². The van der Waals surface area contributed by atoms with Crippen LogP contribution in [0.1, 0.15) is 51.9 Å². The monoisotopic (exact) mass is 831 g/mol. The highest BCUT2D eigenvalue weighted by Crippen LogP contribution is 2.33. The van der Waals surface area contributed by atoms with Crippen LogP contribution in [0, 0.1) is 12.8 Å². The van der Waals surface area contributed by atoms with Gasteiger partial charge in [-0.25, -0.2) is 9.69 Å². The van der Waals surface area contributed by atoms with Crippen molar-refractivity contribution in [1.82, 2.24) is 4.90 Å². The van der Waals surface area contributed by atoms with E-state index in [1.165, 1.54) is 14.0 Å². The Bertz CT molecular complexity index is 2190. The van der Waals surface area contributed by atoms with Gasteiger partial charge in [-0.2, -0.15) is 0 Å². The lowest BCUT2D eigenvalue weighted by atomic mass is 9.97. The lowest BCUT2D eigenvalue weighted by Crippen LogP contribution is -2.61. The fourth-order valence-electron chi connectivity index (χ4n) is 7.86. The summed E-state index contributed by atoms with van der Waals surface area (Å²) in [5.74, 6) is -1.83. The van der Waals surface area contributed by atoms with Crippen molar-refractivity contribution >= 4 is 17.8 Å². The van der Waals surface area contributed by atoms with Crippen molar-refractivity contribution in [3.05, 3.63) is 155 Å². The molecule has 2 aliphatic heterocycles. The van der Waals surface area contributed by atoms with Crippen molar-refractivity contribution < 1.29 is 52.3 Å². The van der Waals surface area contributed by atoms with Gasteiger partial charge in [0.05, 0.1) is 25.9 Å². The summed E-state index contributed by atoms with van der Waals surface area (Å²) in [7, 11) is 1.52. The van der Waals surface area contributed by atoms with E-state index in [1.807, 2.05) is 122 Å². The highest BCUT2D eigenvalue weighted by atomic mass is 16.7. The van der Waals surface area contributed by atoms with Crippen LogP contribution in [-0.2, 0) is 59.3 Å². The number of hydrogen-bond acceptors (Lipinski definition) is 11. The van der Waals surface area contributed by atoms with Crippen molar-refractivity contribution in [2.75, 3.05) is 26.9 Å². The van der Waals surface area contributed by atoms with Crippen molar-refractivity contribution in [2.24, 2.45) is 5.92 Å². The summed E-state index contributed by atoms with van der Waals surface area (Å²) in [5, 5.41) is 10.4. The average molecular weight is 832 g/mol. The molecule has 2 aliphatic rings. The second kappa shape index (κ2) is 20.9. The zero-order valence-corrected chi connectivity index (χ0v) is 34.7. The zero-order chi connectivity index (χ0) is 42.7. The SMILES string of the molecule is CO[C@H]1O[C@H](CO)[C@@H](OCc2ccccc2)[C@H](OCc2ccccc2)[C@@H]1OCCCc1oc(C(=O)[C@@H](C)C(=O)N2C(=O)OC[C@H]2Cc2ccccc2)cc1-c1cccc(C)c1. The standard InChI is InChI=1S/C49H53NO11/c1-32-15-13-22-37(25-32)39-27-41(43(52)33(2)47(53)50-38(31-59-49(50)54)26-34-16-7-4-8-17-34)60-40(39)23-14-24-56-46-45(58-30-36-20-11-6-12-21-36)44(42(28-51)61-48(46)55-3)57-29-35-18-9-5-10-19-35/h4-13,15-22,25,27,33,38,42,44-46,48,51H,14,23-24,26,28-31H2,1-3H3/t33-,38-,42-,44-,45+,46+,48+/m1/s1. The van der Waals surface area contributed by atoms with E-state index in [1.54, 1.807) is 6.07 Å². The fraction of sp³-hybridized carbons (Fsp3) is 0.367. The molecule has 0 saturated carbocycles. The van der Waals surface area contributed by atoms with Crippen molar-refractivity contribution in [2.45, 2.75) is 83.1 Å². The van der Waals surface area contributed by atoms with Crippen LogP contribution in [0.25, 0.3) is 11.1 Å². The van der Waals surface area contributed by atoms with Gasteiger partial charge in [0.1, 0.15) is 42.7 Å². The topological polar surface area (TPSA) is 143 Å². The number of aliphatic hydroxyl groups excluding tert-OH is 1. The number of Topliss-reactive ketones (excluding diaryl/α,β-unsaturated/α-hetero) is 1. The van der Waals surface area contributed by atoms with Gasteiger partial charge in [0.15, 0.2) is 12.1 Å². The Kier molecular flexibility index (Phi) is 14.9. The Balaban J connectivity index is 1.08. The van der Waals surface area contributed by atoms with Crippen molar-refractivity contribution in [1.29, 1.82) is 0 Å². The van der Waals surface area contributed by atoms with Crippen LogP contribution in [0.2, 0.25) is 0 Å². The fourth-order valence-corrected chi connectivity index (χ4v) is 7.86. The molecule has 12 heteroatoms. The van der Waals surface area contributed by atoms with E-state index < -0.39 is 60.4 Å². The minimum absolute atomic E-state index is 0.0170. The molecule has 320 valence electrons. The Labute approximate surface area is 356 Å². The van der Waals surface area contributed by atoms with Gasteiger partial charge in [-0.1, -0.05) is 121 Å². The minimum Gasteiger partial charge on any atom is -0.457 e. The number of cyclic esters (lactones) is 1. The van der Waals surface area contributed by atoms with E-state index in [0.717, 1.165) is 32.7 Å². The quantitative estimate of drug-likeness (QED) is 0.0502. The third-order valence-corrected chi connectivity index (χ3v) is 11.1. The zero-order valence-electron chi connectivity index (χ0n) is 34.7. The number of carbonyl (C=O) groups excluding carboxylic acids is 3. The third-order valence-electron chi connectivity index (χ3n) is 11.1. The second-order valence-electron chi connectivity index (χ2n) is 15.5. The maximum atomic E-state index is 14.0. The van der Waals surface area contributed by atoms with E-state index in [2.05, 4.69) is 0 Å². The normalized spacial score (nSPS) is 21.9. The molecular weight excluding hydrogens is 779 g/mol. The minimum atomic E-state index is -1.21. The molecule has 7 atom stereocenters. The summed E-state index contributed by atoms with van der Waals surface area (Å²) in [5.41, 5.74) is 5.45. The van der Waals surface area contributed by atoms with Crippen molar-refractivity contribution in [3.63, 3.8) is 0 Å². The Morgan fingerprint density at radius 1 is 0.803 bits per heavy atom. The molecule has 1 aromatic heterocycles. The number of ketones is 1. The van der Waals surface area contributed by atoms with Gasteiger partial charge < -0.3 is 37.9 Å². The first-order valence-corrected chi connectivity index (χ1v) is 20.7. The van der Waals surface area contributed by atoms with E-state index in [9.17, 15) is 19.5 Å². The van der Waals surface area contributed by atoms with Crippen LogP contribution >= 0.6 is 0 Å². The van der Waals surface area contributed by atoms with Gasteiger partial charge in [-0.15, -0.1) is 0 Å². The van der Waals surface area contributed by atoms with Crippen LogP contribution in [-0.4, -0.2) is 91.5 Å². The number of amides is 2. The maximum Gasteiger partial charge on any atom is 0.417 e. The van der Waals surface area contributed by atoms with E-state index in [-0.39, 0.29) is 38.8 Å². The van der Waals surface area contributed by atoms with Gasteiger partial charge in [-0.3, -0.25) is 9.59 Å². The lowest BCUT2D eigenvalue weighted by Gasteiger charge is -2.45. The molecule has 0 bridgehead atoms. The first kappa shape index (κ1) is 43.6. The summed E-state index contributed by atoms with van der Waals surface area (Å²) in [6, 6.07) is 38.0. The van der Waals surface area contributed by atoms with Crippen LogP contribution < -0.4 is 0 Å².